The van der Waals surface area contributed by atoms with E-state index < -0.39 is 11.7 Å². The molecule has 0 aliphatic rings. The van der Waals surface area contributed by atoms with Crippen molar-refractivity contribution in [2.45, 2.75) is 13.5 Å². The molecule has 0 aliphatic carbocycles. The van der Waals surface area contributed by atoms with Gasteiger partial charge in [-0.1, -0.05) is 42.5 Å². The van der Waals surface area contributed by atoms with Gasteiger partial charge in [-0.05, 0) is 31.2 Å². The van der Waals surface area contributed by atoms with Crippen LogP contribution in [0.25, 0.3) is 31.7 Å². The number of rotatable bonds is 4. The van der Waals surface area contributed by atoms with Crippen LogP contribution >= 0.6 is 11.3 Å². The van der Waals surface area contributed by atoms with Crippen LogP contribution in [0.15, 0.2) is 71.5 Å². The number of amides is 1. The van der Waals surface area contributed by atoms with Crippen LogP contribution < -0.4 is 10.9 Å². The van der Waals surface area contributed by atoms with E-state index in [4.69, 9.17) is 4.98 Å². The summed E-state index contributed by atoms with van der Waals surface area (Å²) in [5.74, 6) is -0.645. The molecule has 8 heteroatoms. The van der Waals surface area contributed by atoms with Gasteiger partial charge in [0.05, 0.1) is 16.9 Å². The number of hydrogen-bond donors (Lipinski definition) is 1. The van der Waals surface area contributed by atoms with E-state index in [1.54, 1.807) is 13.0 Å². The number of benzene rings is 2. The Morgan fingerprint density at radius 3 is 2.56 bits per heavy atom. The number of nitrogens with one attached hydrogen (secondary N) is 1. The van der Waals surface area contributed by atoms with Gasteiger partial charge in [0.1, 0.15) is 27.7 Å². The number of pyridine rings is 1. The zero-order valence-electron chi connectivity index (χ0n) is 17.0. The first-order valence-electron chi connectivity index (χ1n) is 9.92. The molecule has 5 aromatic rings. The third-order valence-electron chi connectivity index (χ3n) is 5.15. The second-order valence-corrected chi connectivity index (χ2v) is 8.27. The Hall–Kier alpha value is -3.91. The zero-order valence-corrected chi connectivity index (χ0v) is 17.8. The van der Waals surface area contributed by atoms with Gasteiger partial charge in [0.15, 0.2) is 0 Å². The van der Waals surface area contributed by atoms with E-state index in [0.717, 1.165) is 16.6 Å². The van der Waals surface area contributed by atoms with Gasteiger partial charge in [-0.25, -0.2) is 14.4 Å². The maximum absolute atomic E-state index is 13.8. The first kappa shape index (κ1) is 20.0. The monoisotopic (exact) mass is 444 g/mol. The second-order valence-electron chi connectivity index (χ2n) is 7.27. The molecule has 6 nitrogen and oxygen atoms in total. The average molecular weight is 444 g/mol. The van der Waals surface area contributed by atoms with Crippen molar-refractivity contribution in [3.63, 3.8) is 0 Å². The lowest BCUT2D eigenvalue weighted by Gasteiger charge is -2.10. The van der Waals surface area contributed by atoms with Crippen LogP contribution in [-0.4, -0.2) is 20.4 Å². The lowest BCUT2D eigenvalue weighted by Crippen LogP contribution is -2.29. The summed E-state index contributed by atoms with van der Waals surface area (Å²) in [4.78, 5) is 35.7. The fourth-order valence-corrected chi connectivity index (χ4v) is 4.63. The smallest absolute Gasteiger partial charge is 0.272 e. The number of fused-ring (bicyclic) bond motifs is 3. The van der Waals surface area contributed by atoms with Crippen molar-refractivity contribution in [1.29, 1.82) is 0 Å². The van der Waals surface area contributed by atoms with Crippen LogP contribution in [0.2, 0.25) is 0 Å². The highest BCUT2D eigenvalue weighted by Gasteiger charge is 2.17. The van der Waals surface area contributed by atoms with Gasteiger partial charge < -0.3 is 5.32 Å². The molecule has 2 aromatic carbocycles. The van der Waals surface area contributed by atoms with Crippen molar-refractivity contribution in [3.05, 3.63) is 88.7 Å². The van der Waals surface area contributed by atoms with E-state index in [9.17, 15) is 14.0 Å². The Bertz CT molecular complexity index is 1540. The van der Waals surface area contributed by atoms with Crippen LogP contribution in [0.1, 0.15) is 5.82 Å². The Balaban J connectivity index is 1.53. The lowest BCUT2D eigenvalue weighted by molar-refractivity contribution is -0.116. The largest absolute Gasteiger partial charge is 0.322 e. The second kappa shape index (κ2) is 7.97. The number of anilines is 1. The summed E-state index contributed by atoms with van der Waals surface area (Å²) in [6.45, 7) is 1.41. The summed E-state index contributed by atoms with van der Waals surface area (Å²) in [7, 11) is 0. The zero-order chi connectivity index (χ0) is 22.2. The number of halogens is 1. The number of para-hydroxylation sites is 1. The summed E-state index contributed by atoms with van der Waals surface area (Å²) in [5.41, 5.74) is 2.12. The average Bonchev–Trinajstić information content (AvgIpc) is 3.16. The maximum Gasteiger partial charge on any atom is 0.272 e. The number of aryl methyl sites for hydroxylation is 1. The van der Waals surface area contributed by atoms with Gasteiger partial charge in [-0.15, -0.1) is 11.3 Å². The topological polar surface area (TPSA) is 76.9 Å². The number of carbonyl (C=O) groups is 1. The molecule has 0 fully saturated rings. The van der Waals surface area contributed by atoms with E-state index in [-0.39, 0.29) is 17.8 Å². The molecular weight excluding hydrogens is 427 g/mol. The van der Waals surface area contributed by atoms with Gasteiger partial charge in [-0.3, -0.25) is 14.2 Å². The van der Waals surface area contributed by atoms with Crippen LogP contribution in [0.3, 0.4) is 0 Å². The highest BCUT2D eigenvalue weighted by Crippen LogP contribution is 2.31. The van der Waals surface area contributed by atoms with Crippen LogP contribution in [0.5, 0.6) is 0 Å². The fraction of sp³-hybridized carbons (Fsp3) is 0.0833. The van der Waals surface area contributed by atoms with Gasteiger partial charge in [0, 0.05) is 10.9 Å². The molecule has 5 rings (SSSR count). The van der Waals surface area contributed by atoms with Gasteiger partial charge in [0.2, 0.25) is 5.91 Å². The Kier molecular flexibility index (Phi) is 4.99. The molecular formula is C24H17FN4O2S. The SMILES string of the molecule is Cc1nc2c(sc3nc(-c4ccccc4)ccc32)c(=O)n1CC(=O)Nc1ccccc1F. The summed E-state index contributed by atoms with van der Waals surface area (Å²) in [5, 5.41) is 3.30. The summed E-state index contributed by atoms with van der Waals surface area (Å²) in [6, 6.07) is 19.5. The first-order chi connectivity index (χ1) is 15.5. The van der Waals surface area contributed by atoms with Crippen LogP contribution in [-0.2, 0) is 11.3 Å². The molecule has 1 amide bonds. The van der Waals surface area contributed by atoms with Crippen LogP contribution in [0.4, 0.5) is 10.1 Å². The Morgan fingerprint density at radius 2 is 1.78 bits per heavy atom. The maximum atomic E-state index is 13.8. The predicted octanol–water partition coefficient (Wildman–Crippen LogP) is 4.76. The molecule has 0 aliphatic heterocycles. The normalized spacial score (nSPS) is 11.2. The number of hydrogen-bond acceptors (Lipinski definition) is 5. The lowest BCUT2D eigenvalue weighted by atomic mass is 10.1. The van der Waals surface area contributed by atoms with E-state index in [0.29, 0.717) is 20.9 Å². The van der Waals surface area contributed by atoms with E-state index in [1.165, 1.54) is 34.1 Å². The highest BCUT2D eigenvalue weighted by atomic mass is 32.1. The summed E-state index contributed by atoms with van der Waals surface area (Å²) < 4.78 is 15.6. The van der Waals surface area contributed by atoms with E-state index in [2.05, 4.69) is 10.3 Å². The van der Waals surface area contributed by atoms with Crippen molar-refractivity contribution in [3.8, 4) is 11.3 Å². The molecule has 0 spiro atoms. The van der Waals surface area contributed by atoms with Gasteiger partial charge in [-0.2, -0.15) is 0 Å². The highest BCUT2D eigenvalue weighted by molar-refractivity contribution is 7.25. The molecule has 158 valence electrons. The van der Waals surface area contributed by atoms with Crippen LogP contribution in [0, 0.1) is 12.7 Å². The quantitative estimate of drug-likeness (QED) is 0.434. The molecule has 3 aromatic heterocycles. The number of aromatic nitrogens is 3. The Labute approximate surface area is 186 Å². The summed E-state index contributed by atoms with van der Waals surface area (Å²) in [6.07, 6.45) is 0. The molecule has 0 atom stereocenters. The van der Waals surface area contributed by atoms with Crippen molar-refractivity contribution < 1.29 is 9.18 Å². The van der Waals surface area contributed by atoms with Gasteiger partial charge in [0.25, 0.3) is 5.56 Å². The Morgan fingerprint density at radius 1 is 1.03 bits per heavy atom. The third-order valence-corrected chi connectivity index (χ3v) is 6.23. The molecule has 0 radical (unpaired) electrons. The standard InChI is InChI=1S/C24H17FN4O2S/c1-14-26-21-16-11-12-18(15-7-3-2-4-8-15)28-23(16)32-22(21)24(31)29(14)13-20(30)27-19-10-6-5-9-17(19)25/h2-12H,13H2,1H3,(H,27,30). The molecule has 3 heterocycles. The minimum Gasteiger partial charge on any atom is -0.322 e. The number of carbonyl (C=O) groups excluding carboxylic acids is 1. The molecule has 0 bridgehead atoms. The van der Waals surface area contributed by atoms with Crippen molar-refractivity contribution in [2.24, 2.45) is 0 Å². The third kappa shape index (κ3) is 3.54. The van der Waals surface area contributed by atoms with Crippen molar-refractivity contribution in [1.82, 2.24) is 14.5 Å². The molecule has 0 saturated heterocycles. The van der Waals surface area contributed by atoms with Crippen molar-refractivity contribution >= 4 is 43.4 Å². The van der Waals surface area contributed by atoms with Crippen molar-refractivity contribution in [2.75, 3.05) is 5.32 Å². The minimum absolute atomic E-state index is 0.0664. The van der Waals surface area contributed by atoms with E-state index >= 15 is 0 Å². The number of thiophene rings is 1. The molecule has 1 N–H and O–H groups in total. The van der Waals surface area contributed by atoms with E-state index in [1.807, 2.05) is 42.5 Å². The fourth-order valence-electron chi connectivity index (χ4n) is 3.57. The predicted molar refractivity (Wildman–Crippen MR) is 124 cm³/mol. The first-order valence-corrected chi connectivity index (χ1v) is 10.7. The number of nitrogens with zero attached hydrogens (tertiary/aromatic N) is 3. The molecule has 0 unspecified atom stereocenters. The molecule has 0 saturated carbocycles. The van der Waals surface area contributed by atoms with Gasteiger partial charge >= 0.3 is 0 Å². The summed E-state index contributed by atoms with van der Waals surface area (Å²) >= 11 is 1.25. The minimum atomic E-state index is -0.539. The molecule has 32 heavy (non-hydrogen) atoms.